The first-order valence-electron chi connectivity index (χ1n) is 6.82. The molecule has 98 valence electrons. The molecule has 2 heteroatoms. The molecule has 18 heavy (non-hydrogen) atoms. The Balaban J connectivity index is 0.000000371. The van der Waals surface area contributed by atoms with E-state index in [1.54, 1.807) is 11.3 Å². The van der Waals surface area contributed by atoms with Gasteiger partial charge in [0.25, 0.3) is 0 Å². The SMILES string of the molecule is C=C(C1=CC2CC2C=C1)c1cscn1.CC.CC. The van der Waals surface area contributed by atoms with Gasteiger partial charge in [-0.05, 0) is 23.8 Å². The van der Waals surface area contributed by atoms with E-state index in [1.807, 2.05) is 33.2 Å². The second-order valence-electron chi connectivity index (χ2n) is 3.90. The molecule has 2 atom stereocenters. The second kappa shape index (κ2) is 7.32. The quantitative estimate of drug-likeness (QED) is 0.700. The first kappa shape index (κ1) is 14.9. The Morgan fingerprint density at radius 1 is 1.28 bits per heavy atom. The predicted molar refractivity (Wildman–Crippen MR) is 82.7 cm³/mol. The zero-order valence-corrected chi connectivity index (χ0v) is 12.6. The van der Waals surface area contributed by atoms with Crippen LogP contribution in [0.25, 0.3) is 5.57 Å². The largest absolute Gasteiger partial charge is 0.245 e. The summed E-state index contributed by atoms with van der Waals surface area (Å²) >= 11 is 1.62. The van der Waals surface area contributed by atoms with Gasteiger partial charge in [0.2, 0.25) is 0 Å². The third-order valence-electron chi connectivity index (χ3n) is 2.90. The number of hydrogen-bond acceptors (Lipinski definition) is 2. The molecule has 1 heterocycles. The molecule has 0 spiro atoms. The monoisotopic (exact) mass is 261 g/mol. The van der Waals surface area contributed by atoms with Crippen molar-refractivity contribution < 1.29 is 0 Å². The number of rotatable bonds is 2. The van der Waals surface area contributed by atoms with Crippen LogP contribution in [-0.2, 0) is 0 Å². The van der Waals surface area contributed by atoms with Crippen molar-refractivity contribution in [3.63, 3.8) is 0 Å². The summed E-state index contributed by atoms with van der Waals surface area (Å²) in [5.74, 6) is 1.60. The van der Waals surface area contributed by atoms with Crippen molar-refractivity contribution in [3.05, 3.63) is 47.0 Å². The highest BCUT2D eigenvalue weighted by Gasteiger charge is 2.35. The van der Waals surface area contributed by atoms with Crippen molar-refractivity contribution in [2.45, 2.75) is 34.1 Å². The average Bonchev–Trinajstić information content (AvgIpc) is 3.03. The van der Waals surface area contributed by atoms with Crippen molar-refractivity contribution in [2.24, 2.45) is 11.8 Å². The normalized spacial score (nSPS) is 22.6. The molecule has 0 radical (unpaired) electrons. The molecule has 1 nitrogen and oxygen atoms in total. The van der Waals surface area contributed by atoms with E-state index < -0.39 is 0 Å². The summed E-state index contributed by atoms with van der Waals surface area (Å²) in [6, 6.07) is 0. The number of allylic oxidation sites excluding steroid dienone is 5. The van der Waals surface area contributed by atoms with Crippen molar-refractivity contribution in [1.29, 1.82) is 0 Å². The number of nitrogens with zero attached hydrogens (tertiary/aromatic N) is 1. The minimum atomic E-state index is 0.783. The topological polar surface area (TPSA) is 12.9 Å². The molecule has 0 aliphatic heterocycles. The third kappa shape index (κ3) is 3.42. The zero-order valence-electron chi connectivity index (χ0n) is 11.8. The molecule has 1 saturated carbocycles. The van der Waals surface area contributed by atoms with Crippen LogP contribution in [0.2, 0.25) is 0 Å². The summed E-state index contributed by atoms with van der Waals surface area (Å²) in [5, 5.41) is 2.05. The van der Waals surface area contributed by atoms with Crippen molar-refractivity contribution in [2.75, 3.05) is 0 Å². The highest BCUT2D eigenvalue weighted by molar-refractivity contribution is 7.07. The van der Waals surface area contributed by atoms with Gasteiger partial charge in [0.05, 0.1) is 11.2 Å². The van der Waals surface area contributed by atoms with E-state index in [9.17, 15) is 0 Å². The number of hydrogen-bond donors (Lipinski definition) is 0. The molecule has 1 aromatic heterocycles. The first-order valence-corrected chi connectivity index (χ1v) is 7.77. The van der Waals surface area contributed by atoms with Crippen LogP contribution >= 0.6 is 11.3 Å². The lowest BCUT2D eigenvalue weighted by molar-refractivity contribution is 0.972. The maximum absolute atomic E-state index is 4.27. The summed E-state index contributed by atoms with van der Waals surface area (Å²) in [6.45, 7) is 12.1. The summed E-state index contributed by atoms with van der Waals surface area (Å²) in [4.78, 5) is 4.27. The van der Waals surface area contributed by atoms with Gasteiger partial charge in [0.1, 0.15) is 0 Å². The lowest BCUT2D eigenvalue weighted by Crippen LogP contribution is -1.91. The highest BCUT2D eigenvalue weighted by atomic mass is 32.1. The van der Waals surface area contributed by atoms with Gasteiger partial charge in [-0.1, -0.05) is 52.5 Å². The van der Waals surface area contributed by atoms with E-state index in [4.69, 9.17) is 0 Å². The van der Waals surface area contributed by atoms with Crippen LogP contribution in [-0.4, -0.2) is 4.98 Å². The predicted octanol–water partition coefficient (Wildman–Crippen LogP) is 5.34. The van der Waals surface area contributed by atoms with Crippen LogP contribution < -0.4 is 0 Å². The Morgan fingerprint density at radius 3 is 2.56 bits per heavy atom. The van der Waals surface area contributed by atoms with Gasteiger partial charge < -0.3 is 0 Å². The standard InChI is InChI=1S/C12H11NS.2C2H6/c1-8(12-6-14-7-13-12)9-2-3-10-5-11(10)4-9;2*1-2/h2-4,6-7,10-11H,1,5H2;2*1-2H3. The van der Waals surface area contributed by atoms with E-state index in [-0.39, 0.29) is 0 Å². The lowest BCUT2D eigenvalue weighted by Gasteiger charge is -2.07. The molecule has 0 N–H and O–H groups in total. The fourth-order valence-corrected chi connectivity index (χ4v) is 2.44. The van der Waals surface area contributed by atoms with Gasteiger partial charge in [0.15, 0.2) is 0 Å². The van der Waals surface area contributed by atoms with Gasteiger partial charge in [-0.2, -0.15) is 0 Å². The molecule has 2 aliphatic carbocycles. The van der Waals surface area contributed by atoms with Crippen LogP contribution in [0.3, 0.4) is 0 Å². The van der Waals surface area contributed by atoms with Gasteiger partial charge in [-0.25, -0.2) is 4.98 Å². The van der Waals surface area contributed by atoms with E-state index in [0.29, 0.717) is 0 Å². The molecule has 0 bridgehead atoms. The maximum Gasteiger partial charge on any atom is 0.0811 e. The molecule has 1 aromatic rings. The Hall–Kier alpha value is -1.15. The molecule has 2 aliphatic rings. The van der Waals surface area contributed by atoms with Gasteiger partial charge in [-0.3, -0.25) is 0 Å². The number of aromatic nitrogens is 1. The molecule has 2 unspecified atom stereocenters. The van der Waals surface area contributed by atoms with Crippen molar-refractivity contribution in [1.82, 2.24) is 4.98 Å². The third-order valence-corrected chi connectivity index (χ3v) is 3.48. The van der Waals surface area contributed by atoms with E-state index in [1.165, 1.54) is 12.0 Å². The van der Waals surface area contributed by atoms with Crippen molar-refractivity contribution in [3.8, 4) is 0 Å². The molecule has 1 fully saturated rings. The van der Waals surface area contributed by atoms with Crippen LogP contribution in [0.1, 0.15) is 39.8 Å². The lowest BCUT2D eigenvalue weighted by atomic mass is 9.99. The van der Waals surface area contributed by atoms with Crippen LogP contribution in [0.4, 0.5) is 0 Å². The van der Waals surface area contributed by atoms with Crippen LogP contribution in [0.5, 0.6) is 0 Å². The molecule has 3 rings (SSSR count). The highest BCUT2D eigenvalue weighted by Crippen LogP contribution is 2.45. The minimum absolute atomic E-state index is 0.783. The molecular weight excluding hydrogens is 238 g/mol. The second-order valence-corrected chi connectivity index (χ2v) is 4.62. The van der Waals surface area contributed by atoms with E-state index in [0.717, 1.165) is 23.1 Å². The van der Waals surface area contributed by atoms with Crippen LogP contribution in [0.15, 0.2) is 41.3 Å². The van der Waals surface area contributed by atoms with Gasteiger partial charge in [0, 0.05) is 11.0 Å². The summed E-state index contributed by atoms with van der Waals surface area (Å²) in [5.41, 5.74) is 5.19. The molecule has 0 saturated heterocycles. The molecule has 0 aromatic carbocycles. The Kier molecular flexibility index (Phi) is 6.06. The summed E-state index contributed by atoms with van der Waals surface area (Å²) < 4.78 is 0. The summed E-state index contributed by atoms with van der Waals surface area (Å²) in [7, 11) is 0. The van der Waals surface area contributed by atoms with Crippen molar-refractivity contribution >= 4 is 16.9 Å². The van der Waals surface area contributed by atoms with E-state index >= 15 is 0 Å². The Morgan fingerprint density at radius 2 is 2.00 bits per heavy atom. The van der Waals surface area contributed by atoms with Gasteiger partial charge in [-0.15, -0.1) is 11.3 Å². The minimum Gasteiger partial charge on any atom is -0.245 e. The maximum atomic E-state index is 4.27. The molecular formula is C16H23NS. The smallest absolute Gasteiger partial charge is 0.0811 e. The fourth-order valence-electron chi connectivity index (χ4n) is 1.87. The zero-order chi connectivity index (χ0) is 13.5. The Bertz CT molecular complexity index is 426. The number of thiazole rings is 1. The first-order chi connectivity index (χ1) is 8.84. The van der Waals surface area contributed by atoms with Crippen LogP contribution in [0, 0.1) is 11.8 Å². The van der Waals surface area contributed by atoms with E-state index in [2.05, 4.69) is 35.2 Å². The summed E-state index contributed by atoms with van der Waals surface area (Å²) in [6.07, 6.45) is 8.16. The Labute approximate surface area is 115 Å². The average molecular weight is 261 g/mol. The van der Waals surface area contributed by atoms with Gasteiger partial charge >= 0.3 is 0 Å². The number of fused-ring (bicyclic) bond motifs is 1. The fraction of sp³-hybridized carbons (Fsp3) is 0.438. The molecule has 0 amide bonds.